The zero-order valence-corrected chi connectivity index (χ0v) is 10.5. The highest BCUT2D eigenvalue weighted by Crippen LogP contribution is 2.23. The lowest BCUT2D eigenvalue weighted by atomic mass is 10.2. The van der Waals surface area contributed by atoms with Crippen LogP contribution in [0.5, 0.6) is 5.88 Å². The highest BCUT2D eigenvalue weighted by Gasteiger charge is 2.32. The molecule has 1 atom stereocenters. The van der Waals surface area contributed by atoms with Crippen LogP contribution in [0.4, 0.5) is 8.78 Å². The second-order valence-corrected chi connectivity index (χ2v) is 4.19. The number of rotatable bonds is 4. The van der Waals surface area contributed by atoms with Crippen LogP contribution in [0.25, 0.3) is 11.3 Å². The Morgan fingerprint density at radius 1 is 1.16 bits per heavy atom. The van der Waals surface area contributed by atoms with E-state index in [4.69, 9.17) is 4.74 Å². The van der Waals surface area contributed by atoms with E-state index < -0.39 is 12.0 Å². The van der Waals surface area contributed by atoms with Gasteiger partial charge >= 0.3 is 0 Å². The Labute approximate surface area is 109 Å². The van der Waals surface area contributed by atoms with E-state index in [0.717, 1.165) is 12.5 Å². The lowest BCUT2D eigenvalue weighted by Crippen LogP contribution is -2.32. The molecule has 0 radical (unpaired) electrons. The Morgan fingerprint density at radius 3 is 2.47 bits per heavy atom. The summed E-state index contributed by atoms with van der Waals surface area (Å²) < 4.78 is 31.0. The number of halogens is 2. The van der Waals surface area contributed by atoms with Crippen LogP contribution in [0.3, 0.4) is 0 Å². The predicted molar refractivity (Wildman–Crippen MR) is 66.0 cm³/mol. The number of alkyl halides is 2. The zero-order valence-electron chi connectivity index (χ0n) is 10.5. The van der Waals surface area contributed by atoms with E-state index >= 15 is 0 Å². The minimum absolute atomic E-state index is 0.154. The molecular weight excluding hydrogens is 252 g/mol. The molecule has 0 N–H and O–H groups in total. The second kappa shape index (κ2) is 5.26. The minimum atomic E-state index is -2.91. The first-order valence-corrected chi connectivity index (χ1v) is 5.74. The van der Waals surface area contributed by atoms with Gasteiger partial charge in [-0.1, -0.05) is 0 Å². The van der Waals surface area contributed by atoms with Gasteiger partial charge in [-0.2, -0.15) is 0 Å². The normalized spacial score (nSPS) is 13.1. The van der Waals surface area contributed by atoms with Gasteiger partial charge in [-0.15, -0.1) is 0 Å². The van der Waals surface area contributed by atoms with Crippen molar-refractivity contribution in [1.82, 2.24) is 15.0 Å². The van der Waals surface area contributed by atoms with Crippen LogP contribution in [0.2, 0.25) is 0 Å². The molecule has 4 nitrogen and oxygen atoms in total. The molecule has 2 aromatic rings. The van der Waals surface area contributed by atoms with E-state index in [1.165, 1.54) is 19.2 Å². The molecule has 0 amide bonds. The fourth-order valence-electron chi connectivity index (χ4n) is 1.33. The molecular formula is C13H13F2N3O. The summed E-state index contributed by atoms with van der Waals surface area (Å²) in [6.07, 6.45) is 5.02. The molecule has 1 unspecified atom stereocenters. The largest absolute Gasteiger partial charge is 0.468 e. The fraction of sp³-hybridized carbons (Fsp3) is 0.308. The van der Waals surface area contributed by atoms with Crippen LogP contribution in [0, 0.1) is 0 Å². The summed E-state index contributed by atoms with van der Waals surface area (Å²) in [4.78, 5) is 12.0. The number of pyridine rings is 1. The van der Waals surface area contributed by atoms with Gasteiger partial charge in [0.2, 0.25) is 5.88 Å². The summed E-state index contributed by atoms with van der Waals surface area (Å²) in [5.41, 5.74) is 1.41. The van der Waals surface area contributed by atoms with Gasteiger partial charge in [-0.25, -0.2) is 13.8 Å². The molecule has 0 aromatic carbocycles. The highest BCUT2D eigenvalue weighted by atomic mass is 19.3. The van der Waals surface area contributed by atoms with Crippen molar-refractivity contribution in [1.29, 1.82) is 0 Å². The Balaban J connectivity index is 2.11. The van der Waals surface area contributed by atoms with Crippen molar-refractivity contribution < 1.29 is 13.5 Å². The average Bonchev–Trinajstić information content (AvgIpc) is 2.39. The summed E-state index contributed by atoms with van der Waals surface area (Å²) >= 11 is 0. The number of hydrogen-bond donors (Lipinski definition) is 0. The molecule has 0 aliphatic carbocycles. The first kappa shape index (κ1) is 13.3. The Morgan fingerprint density at radius 2 is 1.95 bits per heavy atom. The summed E-state index contributed by atoms with van der Waals surface area (Å²) in [5.74, 6) is -2.76. The Kier molecular flexibility index (Phi) is 3.69. The number of hydrogen-bond acceptors (Lipinski definition) is 4. The van der Waals surface area contributed by atoms with Gasteiger partial charge in [0.05, 0.1) is 11.9 Å². The summed E-state index contributed by atoms with van der Waals surface area (Å²) in [6.45, 7) is 2.11. The third kappa shape index (κ3) is 3.43. The van der Waals surface area contributed by atoms with E-state index in [2.05, 4.69) is 15.0 Å². The third-order valence-corrected chi connectivity index (χ3v) is 2.61. The van der Waals surface area contributed by atoms with Gasteiger partial charge in [-0.3, -0.25) is 9.97 Å². The van der Waals surface area contributed by atoms with Crippen LogP contribution in [0.1, 0.15) is 13.8 Å². The molecule has 0 saturated heterocycles. The van der Waals surface area contributed by atoms with Gasteiger partial charge in [0.25, 0.3) is 5.92 Å². The topological polar surface area (TPSA) is 47.9 Å². The summed E-state index contributed by atoms with van der Waals surface area (Å²) in [7, 11) is 0. The average molecular weight is 265 g/mol. The van der Waals surface area contributed by atoms with Crippen LogP contribution in [-0.2, 0) is 0 Å². The van der Waals surface area contributed by atoms with E-state index in [-0.39, 0.29) is 5.88 Å². The smallest absolute Gasteiger partial charge is 0.281 e. The van der Waals surface area contributed by atoms with Crippen LogP contribution < -0.4 is 4.74 Å². The van der Waals surface area contributed by atoms with Crippen molar-refractivity contribution in [2.24, 2.45) is 0 Å². The second-order valence-electron chi connectivity index (χ2n) is 4.19. The van der Waals surface area contributed by atoms with Crippen molar-refractivity contribution in [2.75, 3.05) is 0 Å². The molecule has 19 heavy (non-hydrogen) atoms. The number of ether oxygens (including phenoxy) is 1. The van der Waals surface area contributed by atoms with E-state index in [1.54, 1.807) is 24.7 Å². The molecule has 0 bridgehead atoms. The molecule has 2 heterocycles. The van der Waals surface area contributed by atoms with Crippen molar-refractivity contribution in [3.8, 4) is 17.1 Å². The number of nitrogens with zero attached hydrogens (tertiary/aromatic N) is 3. The van der Waals surface area contributed by atoms with Crippen LogP contribution >= 0.6 is 0 Å². The predicted octanol–water partition coefficient (Wildman–Crippen LogP) is 2.96. The maximum Gasteiger partial charge on any atom is 0.281 e. The Hall–Kier alpha value is -2.11. The minimum Gasteiger partial charge on any atom is -0.468 e. The first-order valence-electron chi connectivity index (χ1n) is 5.74. The monoisotopic (exact) mass is 265 g/mol. The lowest BCUT2D eigenvalue weighted by Gasteiger charge is -2.20. The molecule has 0 aliphatic rings. The molecule has 0 spiro atoms. The molecule has 100 valence electrons. The van der Waals surface area contributed by atoms with Gasteiger partial charge in [0.15, 0.2) is 6.10 Å². The van der Waals surface area contributed by atoms with E-state index in [0.29, 0.717) is 5.69 Å². The van der Waals surface area contributed by atoms with Crippen LogP contribution in [-0.4, -0.2) is 27.0 Å². The van der Waals surface area contributed by atoms with Gasteiger partial charge < -0.3 is 4.74 Å². The van der Waals surface area contributed by atoms with E-state index in [9.17, 15) is 8.78 Å². The lowest BCUT2D eigenvalue weighted by molar-refractivity contribution is -0.0732. The maximum absolute atomic E-state index is 13.0. The molecule has 2 rings (SSSR count). The van der Waals surface area contributed by atoms with Gasteiger partial charge in [0.1, 0.15) is 0 Å². The van der Waals surface area contributed by atoms with E-state index in [1.807, 2.05) is 0 Å². The zero-order chi connectivity index (χ0) is 13.9. The van der Waals surface area contributed by atoms with Gasteiger partial charge in [0, 0.05) is 37.1 Å². The van der Waals surface area contributed by atoms with Crippen molar-refractivity contribution in [3.05, 3.63) is 36.9 Å². The quantitative estimate of drug-likeness (QED) is 0.852. The van der Waals surface area contributed by atoms with Crippen molar-refractivity contribution in [2.45, 2.75) is 25.9 Å². The molecule has 0 aliphatic heterocycles. The number of aromatic nitrogens is 3. The Bertz CT molecular complexity index is 526. The molecule has 0 saturated carbocycles. The summed E-state index contributed by atoms with van der Waals surface area (Å²) in [6, 6.07) is 3.24. The SMILES string of the molecule is CC(Oc1ccc(-c2cnccn2)cn1)C(C)(F)F. The highest BCUT2D eigenvalue weighted by molar-refractivity contribution is 5.56. The molecule has 2 aromatic heterocycles. The fourth-order valence-corrected chi connectivity index (χ4v) is 1.33. The third-order valence-electron chi connectivity index (χ3n) is 2.61. The standard InChI is InChI=1S/C13H13F2N3O/c1-9(13(2,14)15)19-12-4-3-10(7-18-12)11-8-16-5-6-17-11/h3-9H,1-2H3. The van der Waals surface area contributed by atoms with Crippen LogP contribution in [0.15, 0.2) is 36.9 Å². The molecule has 0 fully saturated rings. The van der Waals surface area contributed by atoms with Gasteiger partial charge in [-0.05, 0) is 13.0 Å². The molecule has 6 heteroatoms. The first-order chi connectivity index (χ1) is 8.97. The van der Waals surface area contributed by atoms with Crippen molar-refractivity contribution in [3.63, 3.8) is 0 Å². The summed E-state index contributed by atoms with van der Waals surface area (Å²) in [5, 5.41) is 0. The van der Waals surface area contributed by atoms with Crippen molar-refractivity contribution >= 4 is 0 Å². The maximum atomic E-state index is 13.0.